The quantitative estimate of drug-likeness (QED) is 0.114. The van der Waals surface area contributed by atoms with Gasteiger partial charge in [0.05, 0.1) is 70.0 Å². The zero-order valence-corrected chi connectivity index (χ0v) is 67.1. The van der Waals surface area contributed by atoms with Gasteiger partial charge >= 0.3 is 0 Å². The Hall–Kier alpha value is -7.00. The fraction of sp³-hybridized carbons (Fsp3) is 0.488. The number of benzene rings is 2. The predicted molar refractivity (Wildman–Crippen MR) is 416 cm³/mol. The van der Waals surface area contributed by atoms with E-state index in [1.807, 2.05) is 146 Å². The van der Waals surface area contributed by atoms with Crippen molar-refractivity contribution < 1.29 is 42.9 Å². The van der Waals surface area contributed by atoms with Crippen molar-refractivity contribution >= 4 is 0 Å². The molecule has 0 N–H and O–H groups in total. The van der Waals surface area contributed by atoms with Crippen molar-refractivity contribution in [3.05, 3.63) is 253 Å². The molecule has 0 spiro atoms. The van der Waals surface area contributed by atoms with Gasteiger partial charge in [0.15, 0.2) is 0 Å². The molecule has 6 bridgehead atoms. The van der Waals surface area contributed by atoms with Gasteiger partial charge in [-0.2, -0.15) is 10.5 Å². The van der Waals surface area contributed by atoms with Crippen LogP contribution in [0, 0.1) is 29.6 Å². The first-order valence-corrected chi connectivity index (χ1v) is 37.7. The summed E-state index contributed by atoms with van der Waals surface area (Å²) in [5.41, 5.74) is 9.60. The smallest absolute Gasteiger partial charge is 0.104 e. The maximum atomic E-state index is 9.15. The van der Waals surface area contributed by atoms with Crippen LogP contribution in [0.2, 0.25) is 0 Å². The van der Waals surface area contributed by atoms with Gasteiger partial charge < -0.3 is 42.9 Å². The molecule has 2 atom stereocenters. The molecule has 10 aliphatic heterocycles. The molecule has 10 aliphatic rings. The highest BCUT2D eigenvalue weighted by Crippen LogP contribution is 2.26. The Balaban J connectivity index is 0.000000246. The summed E-state index contributed by atoms with van der Waals surface area (Å²) in [6.45, 7) is 47.3. The SMILES string of the molecule is C1CN2CCN1CC2.CC(C)(C)c1ccncc1.CC(C)c1ccncc1.CCCC[N+]12CCN(CC1)CC2.CCCc1ccncc1.CCc1ccncc1.Cc1ccncc1.N#CC1CCCC(C#N)N1Cc1ccccc1.[Br-].[Br-].c1ccc(C[N+]23CCN(CC2)CC3)cc1.c1ccncc1. The third-order valence-corrected chi connectivity index (χ3v) is 19.9. The Morgan fingerprint density at radius 2 is 0.816 bits per heavy atom. The summed E-state index contributed by atoms with van der Waals surface area (Å²) >= 11 is 0. The van der Waals surface area contributed by atoms with E-state index in [2.05, 4.69) is 172 Å². The topological polar surface area (TPSA) is 141 Å². The van der Waals surface area contributed by atoms with Gasteiger partial charge in [0.1, 0.15) is 6.54 Å². The first-order chi connectivity index (χ1) is 49.2. The molecule has 8 aromatic rings. The lowest BCUT2D eigenvalue weighted by Crippen LogP contribution is -3.00. The molecule has 0 amide bonds. The molecule has 6 aromatic heterocycles. The van der Waals surface area contributed by atoms with Crippen LogP contribution < -0.4 is 34.0 Å². The van der Waals surface area contributed by atoms with E-state index >= 15 is 0 Å². The van der Waals surface area contributed by atoms with Gasteiger partial charge in [-0.05, 0) is 163 Å². The van der Waals surface area contributed by atoms with Crippen LogP contribution in [-0.4, -0.2) is 200 Å². The van der Waals surface area contributed by atoms with E-state index in [4.69, 9.17) is 10.5 Å². The molecule has 103 heavy (non-hydrogen) atoms. The molecular weight excluding hydrogens is 1400 g/mol. The van der Waals surface area contributed by atoms with Gasteiger partial charge in [-0.15, -0.1) is 0 Å². The third-order valence-electron chi connectivity index (χ3n) is 19.9. The van der Waals surface area contributed by atoms with E-state index in [0.29, 0.717) is 12.5 Å². The average molecular weight is 1530 g/mol. The van der Waals surface area contributed by atoms with E-state index in [1.54, 1.807) is 24.8 Å². The number of hydrogen-bond acceptors (Lipinski definition) is 13. The van der Waals surface area contributed by atoms with Crippen LogP contribution >= 0.6 is 0 Å². The average Bonchev–Trinajstić information content (AvgIpc) is 0.804. The van der Waals surface area contributed by atoms with Crippen LogP contribution in [0.15, 0.2) is 214 Å². The Kier molecular flexibility index (Phi) is 44.0. The highest BCUT2D eigenvalue weighted by molar-refractivity contribution is 5.20. The maximum absolute atomic E-state index is 9.15. The zero-order valence-electron chi connectivity index (χ0n) is 63.9. The zero-order chi connectivity index (χ0) is 72.1. The van der Waals surface area contributed by atoms with Gasteiger partial charge in [0, 0.05) is 165 Å². The van der Waals surface area contributed by atoms with Crippen molar-refractivity contribution in [3.63, 3.8) is 0 Å². The number of quaternary nitrogens is 2. The molecule has 18 rings (SSSR count). The highest BCUT2D eigenvalue weighted by atomic mass is 79.9. The standard InChI is InChI=1S/C14H15N3.C13H19N2.C10H21N2.C9H13N.2C8H11N.C7H9N.C6H12N2.C6H7N.C5H5N.2BrH/c15-9-13-7-4-8-14(10-16)17(13)11-12-5-2-1-3-6-12;1-2-4-13(5-3-1)12-15-9-6-14(7-10-15)8-11-15;1-2-3-7-12-8-4-11(5-9-12)6-10-12;1-9(2,3)8-4-6-10-7-5-8;1-7(2)8-3-5-9-6-4-8;1-2-3-8-4-6-9-7-5-8;1-2-7-3-5-8-6-4-7;1-2-8-5-3-7(1)4-6-8;1-6-2-4-7-5-3-6;1-2-4-6-5-3-1;;/h1-3,5-6,13-14H,4,7-8,11H2;1-5H,6-12H2;2-10H2,1H3;4-7H,1-3H3;3-7H,1-2H3;4-7H,2-3H2,1H3;3-6H,2H2,1H3;1-6H2;2-5H,1H3;1-5H;2*1H/q;2*+1;;;;;;;;;/p-2. The molecule has 0 radical (unpaired) electrons. The number of aryl methyl sites for hydroxylation is 3. The van der Waals surface area contributed by atoms with Gasteiger partial charge in [0.25, 0.3) is 0 Å². The number of fused-ring (bicyclic) bond motifs is 9. The number of aromatic nitrogens is 6. The molecule has 556 valence electrons. The highest BCUT2D eigenvalue weighted by Gasteiger charge is 2.39. The summed E-state index contributed by atoms with van der Waals surface area (Å²) in [4.78, 5) is 35.7. The summed E-state index contributed by atoms with van der Waals surface area (Å²) in [5.74, 6) is 0.619. The molecule has 2 aromatic carbocycles. The molecule has 2 unspecified atom stereocenters. The normalized spacial score (nSPS) is 21.9. The predicted octanol–water partition coefficient (Wildman–Crippen LogP) is 9.08. The maximum Gasteiger partial charge on any atom is 0.104 e. The van der Waals surface area contributed by atoms with Crippen molar-refractivity contribution in [2.75, 3.05) is 124 Å². The summed E-state index contributed by atoms with van der Waals surface area (Å²) in [7, 11) is 0. The Bertz CT molecular complexity index is 3300. The number of piperidine rings is 1. The van der Waals surface area contributed by atoms with Gasteiger partial charge in [-0.3, -0.25) is 54.4 Å². The van der Waals surface area contributed by atoms with Crippen LogP contribution in [0.4, 0.5) is 0 Å². The summed E-state index contributed by atoms with van der Waals surface area (Å²) < 4.78 is 2.78. The minimum absolute atomic E-state index is 0. The van der Waals surface area contributed by atoms with Crippen molar-refractivity contribution in [2.45, 2.75) is 150 Å². The largest absolute Gasteiger partial charge is 1.00 e. The van der Waals surface area contributed by atoms with E-state index in [9.17, 15) is 0 Å². The number of nitriles is 2. The molecule has 15 nitrogen and oxygen atoms in total. The number of unbranched alkanes of at least 4 members (excludes halogenated alkanes) is 1. The Morgan fingerprint density at radius 3 is 1.14 bits per heavy atom. The van der Waals surface area contributed by atoms with Crippen LogP contribution in [0.25, 0.3) is 0 Å². The number of rotatable bonds is 11. The summed E-state index contributed by atoms with van der Waals surface area (Å²) in [5, 5.41) is 18.3. The van der Waals surface area contributed by atoms with Gasteiger partial charge in [-0.25, -0.2) is 0 Å². The van der Waals surface area contributed by atoms with Crippen LogP contribution in [0.5, 0.6) is 0 Å². The number of piperazine rings is 9. The number of hydrogen-bond donors (Lipinski definition) is 0. The molecule has 10 saturated heterocycles. The molecule has 10 fully saturated rings. The van der Waals surface area contributed by atoms with Crippen molar-refractivity contribution in [1.29, 1.82) is 10.5 Å². The van der Waals surface area contributed by atoms with Crippen molar-refractivity contribution in [3.8, 4) is 12.1 Å². The first-order valence-electron chi connectivity index (χ1n) is 37.7. The lowest BCUT2D eigenvalue weighted by Gasteiger charge is -2.50. The number of likely N-dealkylation sites (tertiary alicyclic amines) is 1. The van der Waals surface area contributed by atoms with E-state index in [-0.39, 0.29) is 51.5 Å². The number of halogens is 2. The molecular formula is C86H123Br2N15. The summed E-state index contributed by atoms with van der Waals surface area (Å²) in [6.07, 6.45) is 30.7. The van der Waals surface area contributed by atoms with Crippen molar-refractivity contribution in [2.24, 2.45) is 0 Å². The number of nitrogens with zero attached hydrogens (tertiary/aromatic N) is 15. The second-order valence-electron chi connectivity index (χ2n) is 28.8. The fourth-order valence-electron chi connectivity index (χ4n) is 13.2. The van der Waals surface area contributed by atoms with Crippen LogP contribution in [0.1, 0.15) is 139 Å². The minimum atomic E-state index is -0.117. The first kappa shape index (κ1) is 88.4. The molecule has 16 heterocycles. The Morgan fingerprint density at radius 1 is 0.437 bits per heavy atom. The second-order valence-corrected chi connectivity index (χ2v) is 28.8. The minimum Gasteiger partial charge on any atom is -1.00 e. The second kappa shape index (κ2) is 51.2. The van der Waals surface area contributed by atoms with Crippen molar-refractivity contribution in [1.82, 2.24) is 54.4 Å². The van der Waals surface area contributed by atoms with Gasteiger partial charge in [-0.1, -0.05) is 135 Å². The lowest BCUT2D eigenvalue weighted by molar-refractivity contribution is -0.953. The Labute approximate surface area is 643 Å². The van der Waals surface area contributed by atoms with E-state index < -0.39 is 0 Å². The molecule has 0 aliphatic carbocycles. The third kappa shape index (κ3) is 35.1. The lowest BCUT2D eigenvalue weighted by atomic mass is 9.88. The van der Waals surface area contributed by atoms with E-state index in [1.165, 1.54) is 199 Å². The fourth-order valence-corrected chi connectivity index (χ4v) is 13.2. The monoisotopic (exact) mass is 1520 g/mol. The summed E-state index contributed by atoms with van der Waals surface area (Å²) in [6, 6.07) is 51.4. The number of pyridine rings is 6. The molecule has 0 saturated carbocycles. The van der Waals surface area contributed by atoms with Gasteiger partial charge in [0.2, 0.25) is 0 Å². The van der Waals surface area contributed by atoms with E-state index in [0.717, 1.165) is 31.2 Å². The molecule has 17 heteroatoms. The van der Waals surface area contributed by atoms with Crippen LogP contribution in [0.3, 0.4) is 0 Å². The van der Waals surface area contributed by atoms with Crippen LogP contribution in [-0.2, 0) is 31.3 Å².